The van der Waals surface area contributed by atoms with Crippen molar-refractivity contribution in [2.45, 2.75) is 10.6 Å². The van der Waals surface area contributed by atoms with Crippen molar-refractivity contribution in [3.63, 3.8) is 0 Å². The van der Waals surface area contributed by atoms with Crippen molar-refractivity contribution in [1.82, 2.24) is 0 Å². The van der Waals surface area contributed by atoms with Crippen LogP contribution in [0.4, 0.5) is 8.78 Å². The van der Waals surface area contributed by atoms with Crippen LogP contribution in [0.5, 0.6) is 0 Å². The van der Waals surface area contributed by atoms with Gasteiger partial charge < -0.3 is 5.11 Å². The van der Waals surface area contributed by atoms with E-state index in [-0.39, 0.29) is 0 Å². The fourth-order valence-corrected chi connectivity index (χ4v) is 2.67. The Hall–Kier alpha value is -2.14. The summed E-state index contributed by atoms with van der Waals surface area (Å²) in [5.74, 6) is -1.77. The number of carbonyl (C=O) groups is 1. The summed E-state index contributed by atoms with van der Waals surface area (Å²) in [5.41, 5.74) is 1.64. The summed E-state index contributed by atoms with van der Waals surface area (Å²) in [6.07, 6.45) is 2.56. The normalized spacial score (nSPS) is 11.0. The minimum absolute atomic E-state index is 0.355. The molecule has 2 rings (SSSR count). The molecule has 0 radical (unpaired) electrons. The molecule has 21 heavy (non-hydrogen) atoms. The van der Waals surface area contributed by atoms with Crippen LogP contribution < -0.4 is 0 Å². The molecule has 0 spiro atoms. The second-order valence-electron chi connectivity index (χ2n) is 4.23. The third-order valence-electron chi connectivity index (χ3n) is 2.74. The van der Waals surface area contributed by atoms with Gasteiger partial charge in [-0.3, -0.25) is 0 Å². The zero-order valence-electron chi connectivity index (χ0n) is 10.9. The minimum atomic E-state index is -1.03. The van der Waals surface area contributed by atoms with Crippen molar-refractivity contribution < 1.29 is 18.7 Å². The van der Waals surface area contributed by atoms with Crippen LogP contribution in [0.25, 0.3) is 6.08 Å². The predicted molar refractivity (Wildman–Crippen MR) is 79.0 cm³/mol. The molecule has 0 heterocycles. The summed E-state index contributed by atoms with van der Waals surface area (Å²) in [5, 5.41) is 8.66. The number of halogens is 2. The lowest BCUT2D eigenvalue weighted by Gasteiger charge is -2.07. The minimum Gasteiger partial charge on any atom is -0.478 e. The highest BCUT2D eigenvalue weighted by molar-refractivity contribution is 7.98. The Morgan fingerprint density at radius 1 is 1.19 bits per heavy atom. The Kier molecular flexibility index (Phi) is 5.11. The lowest BCUT2D eigenvalue weighted by Crippen LogP contribution is -1.90. The first-order valence-electron chi connectivity index (χ1n) is 6.13. The maximum atomic E-state index is 13.6. The van der Waals surface area contributed by atoms with E-state index in [1.165, 1.54) is 30.0 Å². The Balaban J connectivity index is 2.14. The molecule has 0 unspecified atom stereocenters. The van der Waals surface area contributed by atoms with E-state index in [0.29, 0.717) is 10.6 Å². The Morgan fingerprint density at radius 3 is 2.67 bits per heavy atom. The molecule has 0 aromatic heterocycles. The van der Waals surface area contributed by atoms with Crippen molar-refractivity contribution in [2.75, 3.05) is 0 Å². The first kappa shape index (κ1) is 15.3. The number of hydrogen-bond acceptors (Lipinski definition) is 2. The largest absolute Gasteiger partial charge is 0.478 e. The first-order valence-corrected chi connectivity index (χ1v) is 7.11. The summed E-state index contributed by atoms with van der Waals surface area (Å²) >= 11 is 1.23. The molecule has 0 saturated heterocycles. The number of benzene rings is 2. The summed E-state index contributed by atoms with van der Waals surface area (Å²) in [6.45, 7) is 0. The van der Waals surface area contributed by atoms with Gasteiger partial charge in [-0.2, -0.15) is 0 Å². The number of aliphatic carboxylic acids is 1. The highest BCUT2D eigenvalue weighted by atomic mass is 32.2. The Morgan fingerprint density at radius 2 is 1.95 bits per heavy atom. The van der Waals surface area contributed by atoms with E-state index >= 15 is 0 Å². The Labute approximate surface area is 125 Å². The van der Waals surface area contributed by atoms with Crippen molar-refractivity contribution in [1.29, 1.82) is 0 Å². The molecule has 5 heteroatoms. The van der Waals surface area contributed by atoms with Gasteiger partial charge in [0.05, 0.1) is 0 Å². The van der Waals surface area contributed by atoms with Crippen LogP contribution in [-0.4, -0.2) is 11.1 Å². The zero-order valence-corrected chi connectivity index (χ0v) is 11.7. The average molecular weight is 306 g/mol. The molecule has 0 fully saturated rings. The highest BCUT2D eigenvalue weighted by Crippen LogP contribution is 2.27. The van der Waals surface area contributed by atoms with Gasteiger partial charge in [0.25, 0.3) is 0 Å². The van der Waals surface area contributed by atoms with E-state index in [9.17, 15) is 13.6 Å². The topological polar surface area (TPSA) is 37.3 Å². The van der Waals surface area contributed by atoms with Crippen LogP contribution in [0.1, 0.15) is 11.1 Å². The summed E-state index contributed by atoms with van der Waals surface area (Å²) in [6, 6.07) is 10.7. The van der Waals surface area contributed by atoms with Gasteiger partial charge in [-0.05, 0) is 29.3 Å². The zero-order chi connectivity index (χ0) is 15.2. The fraction of sp³-hybridized carbons (Fsp3) is 0.0625. The molecule has 2 aromatic rings. The van der Waals surface area contributed by atoms with Crippen LogP contribution in [-0.2, 0) is 10.5 Å². The van der Waals surface area contributed by atoms with E-state index in [0.717, 1.165) is 23.3 Å². The molecule has 0 aliphatic rings. The van der Waals surface area contributed by atoms with Crippen molar-refractivity contribution in [3.05, 3.63) is 71.3 Å². The molecule has 0 saturated carbocycles. The van der Waals surface area contributed by atoms with Crippen LogP contribution >= 0.6 is 11.8 Å². The number of carboxylic acids is 1. The third kappa shape index (κ3) is 4.43. The fourth-order valence-electron chi connectivity index (χ4n) is 1.74. The number of carboxylic acid groups (broad SMARTS) is 1. The number of rotatable bonds is 5. The van der Waals surface area contributed by atoms with Gasteiger partial charge in [-0.25, -0.2) is 13.6 Å². The van der Waals surface area contributed by atoms with Gasteiger partial charge >= 0.3 is 5.97 Å². The quantitative estimate of drug-likeness (QED) is 0.659. The highest BCUT2D eigenvalue weighted by Gasteiger charge is 2.06. The number of hydrogen-bond donors (Lipinski definition) is 1. The predicted octanol–water partition coefficient (Wildman–Crippen LogP) is 4.35. The van der Waals surface area contributed by atoms with E-state index in [2.05, 4.69) is 0 Å². The first-order chi connectivity index (χ1) is 10.1. The molecule has 0 aliphatic heterocycles. The Bertz CT molecular complexity index is 684. The average Bonchev–Trinajstić information content (AvgIpc) is 2.45. The van der Waals surface area contributed by atoms with Gasteiger partial charge in [0.2, 0.25) is 0 Å². The second-order valence-corrected chi connectivity index (χ2v) is 5.25. The SMILES string of the molecule is O=C(O)C=Cc1ccccc1CSc1ccc(F)cc1F. The van der Waals surface area contributed by atoms with Crippen LogP contribution in [0.3, 0.4) is 0 Å². The van der Waals surface area contributed by atoms with Crippen molar-refractivity contribution in [3.8, 4) is 0 Å². The van der Waals surface area contributed by atoms with E-state index < -0.39 is 17.6 Å². The molecule has 2 nitrogen and oxygen atoms in total. The van der Waals surface area contributed by atoms with Crippen LogP contribution in [0.2, 0.25) is 0 Å². The maximum Gasteiger partial charge on any atom is 0.328 e. The molecule has 0 aliphatic carbocycles. The van der Waals surface area contributed by atoms with E-state index in [1.54, 1.807) is 12.1 Å². The molecule has 108 valence electrons. The molecule has 0 bridgehead atoms. The maximum absolute atomic E-state index is 13.6. The summed E-state index contributed by atoms with van der Waals surface area (Å²) in [4.78, 5) is 10.9. The molecule has 2 aromatic carbocycles. The third-order valence-corrected chi connectivity index (χ3v) is 3.84. The van der Waals surface area contributed by atoms with Gasteiger partial charge in [0, 0.05) is 22.8 Å². The summed E-state index contributed by atoms with van der Waals surface area (Å²) < 4.78 is 26.4. The monoisotopic (exact) mass is 306 g/mol. The van der Waals surface area contributed by atoms with E-state index in [4.69, 9.17) is 5.11 Å². The molecule has 0 amide bonds. The van der Waals surface area contributed by atoms with E-state index in [1.807, 2.05) is 12.1 Å². The lowest BCUT2D eigenvalue weighted by atomic mass is 10.1. The number of thioether (sulfide) groups is 1. The summed E-state index contributed by atoms with van der Waals surface area (Å²) in [7, 11) is 0. The molecule has 0 atom stereocenters. The standard InChI is InChI=1S/C16H12F2O2S/c17-13-6-7-15(14(18)9-13)21-10-12-4-2-1-3-11(12)5-8-16(19)20/h1-9H,10H2,(H,19,20). The van der Waals surface area contributed by atoms with Gasteiger partial charge in [0.15, 0.2) is 0 Å². The molecular formula is C16H12F2O2S. The van der Waals surface area contributed by atoms with Gasteiger partial charge in [-0.1, -0.05) is 24.3 Å². The van der Waals surface area contributed by atoms with Gasteiger partial charge in [0.1, 0.15) is 11.6 Å². The second kappa shape index (κ2) is 7.04. The smallest absolute Gasteiger partial charge is 0.328 e. The van der Waals surface area contributed by atoms with Gasteiger partial charge in [-0.15, -0.1) is 11.8 Å². The molecular weight excluding hydrogens is 294 g/mol. The van der Waals surface area contributed by atoms with Crippen molar-refractivity contribution in [2.24, 2.45) is 0 Å². The lowest BCUT2D eigenvalue weighted by molar-refractivity contribution is -0.131. The van der Waals surface area contributed by atoms with Crippen molar-refractivity contribution >= 4 is 23.8 Å². The molecule has 1 N–H and O–H groups in total. The van der Waals surface area contributed by atoms with Crippen LogP contribution in [0.15, 0.2) is 53.4 Å². The van der Waals surface area contributed by atoms with Crippen LogP contribution in [0, 0.1) is 11.6 Å².